The van der Waals surface area contributed by atoms with Crippen molar-refractivity contribution in [2.75, 3.05) is 13.2 Å². The molecule has 5 nitrogen and oxygen atoms in total. The number of carboxylic acids is 1. The second-order valence-electron chi connectivity index (χ2n) is 6.36. The summed E-state index contributed by atoms with van der Waals surface area (Å²) in [7, 11) is 0. The molecule has 6 heteroatoms. The minimum Gasteiger partial charge on any atom is -0.481 e. The zero-order valence-electron chi connectivity index (χ0n) is 10.8. The highest BCUT2D eigenvalue weighted by Crippen LogP contribution is 2.59. The normalized spacial score (nSPS) is 34.1. The summed E-state index contributed by atoms with van der Waals surface area (Å²) >= 11 is 0. The zero-order chi connectivity index (χ0) is 13.8. The fourth-order valence-corrected chi connectivity index (χ4v) is 2.94. The van der Waals surface area contributed by atoms with Crippen molar-refractivity contribution in [1.29, 1.82) is 0 Å². The number of carbonyl (C=O) groups excluding carboxylic acids is 1. The number of amides is 1. The lowest BCUT2D eigenvalue weighted by atomic mass is 9.62. The van der Waals surface area contributed by atoms with E-state index >= 15 is 0 Å². The van der Waals surface area contributed by atoms with Gasteiger partial charge in [0, 0.05) is 6.54 Å². The van der Waals surface area contributed by atoms with Gasteiger partial charge < -0.3 is 9.84 Å². The number of carbonyl (C=O) groups is 2. The number of carboxylic acid groups (broad SMARTS) is 1. The molecule has 0 aromatic rings. The number of halogens is 1. The van der Waals surface area contributed by atoms with E-state index in [0.717, 1.165) is 0 Å². The summed E-state index contributed by atoms with van der Waals surface area (Å²) in [5.41, 5.74) is -2.60. The number of nitrogens with zero attached hydrogens (tertiary/aromatic N) is 1. The molecule has 0 aromatic heterocycles. The minimum atomic E-state index is -0.969. The first-order valence-corrected chi connectivity index (χ1v) is 5.94. The largest absolute Gasteiger partial charge is 0.481 e. The average Bonchev–Trinajstić information content (AvgIpc) is 2.64. The standard InChI is InChI=1S/C12H18FNO4/c1-10(2,3)18-9(17)14-7-11(8(15)16)4-12(14,5-11)6-13/h4-7H2,1-3H3,(H,15,16). The summed E-state index contributed by atoms with van der Waals surface area (Å²) in [4.78, 5) is 24.4. The van der Waals surface area contributed by atoms with Crippen LogP contribution < -0.4 is 0 Å². The molecule has 102 valence electrons. The number of fused-ring (bicyclic) bond motifs is 1. The van der Waals surface area contributed by atoms with Gasteiger partial charge in [-0.05, 0) is 33.6 Å². The highest BCUT2D eigenvalue weighted by molar-refractivity contribution is 5.82. The van der Waals surface area contributed by atoms with Crippen LogP contribution in [0.3, 0.4) is 0 Å². The Bertz CT molecular complexity index is 395. The predicted molar refractivity (Wildman–Crippen MR) is 60.9 cm³/mol. The van der Waals surface area contributed by atoms with E-state index < -0.39 is 35.3 Å². The molecule has 0 radical (unpaired) electrons. The van der Waals surface area contributed by atoms with Crippen molar-refractivity contribution >= 4 is 12.1 Å². The van der Waals surface area contributed by atoms with E-state index in [9.17, 15) is 14.0 Å². The van der Waals surface area contributed by atoms with Crippen molar-refractivity contribution in [2.45, 2.75) is 44.8 Å². The lowest BCUT2D eigenvalue weighted by Gasteiger charge is -2.43. The van der Waals surface area contributed by atoms with Crippen molar-refractivity contribution in [3.05, 3.63) is 0 Å². The summed E-state index contributed by atoms with van der Waals surface area (Å²) in [6.45, 7) is 4.49. The third-order valence-corrected chi connectivity index (χ3v) is 3.68. The molecule has 3 fully saturated rings. The smallest absolute Gasteiger partial charge is 0.410 e. The van der Waals surface area contributed by atoms with E-state index in [1.54, 1.807) is 20.8 Å². The third kappa shape index (κ3) is 1.74. The number of hydrogen-bond donors (Lipinski definition) is 1. The first-order valence-electron chi connectivity index (χ1n) is 5.94. The average molecular weight is 259 g/mol. The summed E-state index contributed by atoms with van der Waals surface area (Å²) < 4.78 is 18.4. The highest BCUT2D eigenvalue weighted by Gasteiger charge is 2.71. The van der Waals surface area contributed by atoms with Crippen LogP contribution in [-0.2, 0) is 9.53 Å². The Hall–Kier alpha value is -1.33. The van der Waals surface area contributed by atoms with Crippen molar-refractivity contribution in [3.63, 3.8) is 0 Å². The number of alkyl halides is 1. The first-order chi connectivity index (χ1) is 8.14. The first kappa shape index (κ1) is 13.1. The molecule has 1 saturated carbocycles. The van der Waals surface area contributed by atoms with Crippen LogP contribution in [-0.4, -0.2) is 46.4 Å². The lowest BCUT2D eigenvalue weighted by Crippen LogP contribution is -2.55. The van der Waals surface area contributed by atoms with Gasteiger partial charge in [-0.15, -0.1) is 0 Å². The molecule has 0 unspecified atom stereocenters. The quantitative estimate of drug-likeness (QED) is 0.821. The maximum Gasteiger partial charge on any atom is 0.410 e. The van der Waals surface area contributed by atoms with Crippen LogP contribution in [0.25, 0.3) is 0 Å². The Morgan fingerprint density at radius 3 is 2.33 bits per heavy atom. The molecule has 0 spiro atoms. The molecular formula is C12H18FNO4. The molecular weight excluding hydrogens is 241 g/mol. The summed E-state index contributed by atoms with van der Waals surface area (Å²) in [5, 5.41) is 9.15. The van der Waals surface area contributed by atoms with Crippen LogP contribution in [0.15, 0.2) is 0 Å². The number of aliphatic carboxylic acids is 1. The Morgan fingerprint density at radius 1 is 1.39 bits per heavy atom. The molecule has 1 aliphatic carbocycles. The van der Waals surface area contributed by atoms with Crippen molar-refractivity contribution in [3.8, 4) is 0 Å². The molecule has 3 aliphatic rings. The molecule has 2 aliphatic heterocycles. The van der Waals surface area contributed by atoms with Gasteiger partial charge in [0.05, 0.1) is 11.0 Å². The van der Waals surface area contributed by atoms with Crippen LogP contribution in [0.1, 0.15) is 33.6 Å². The topological polar surface area (TPSA) is 66.8 Å². The predicted octanol–water partition coefficient (Wildman–Crippen LogP) is 1.81. The van der Waals surface area contributed by atoms with Gasteiger partial charge in [-0.1, -0.05) is 0 Å². The van der Waals surface area contributed by atoms with Crippen molar-refractivity contribution in [1.82, 2.24) is 4.90 Å². The van der Waals surface area contributed by atoms with E-state index in [2.05, 4.69) is 0 Å². The third-order valence-electron chi connectivity index (χ3n) is 3.68. The van der Waals surface area contributed by atoms with Crippen LogP contribution >= 0.6 is 0 Å². The lowest BCUT2D eigenvalue weighted by molar-refractivity contribution is -0.153. The van der Waals surface area contributed by atoms with E-state index in [1.807, 2.05) is 0 Å². The molecule has 2 heterocycles. The van der Waals surface area contributed by atoms with E-state index in [1.165, 1.54) is 4.90 Å². The molecule has 0 aromatic carbocycles. The zero-order valence-corrected chi connectivity index (χ0v) is 10.8. The summed E-state index contributed by atoms with van der Waals surface area (Å²) in [6, 6.07) is 0. The fourth-order valence-electron chi connectivity index (χ4n) is 2.94. The monoisotopic (exact) mass is 259 g/mol. The Balaban J connectivity index is 2.15. The fraction of sp³-hybridized carbons (Fsp3) is 0.833. The molecule has 2 saturated heterocycles. The van der Waals surface area contributed by atoms with Crippen LogP contribution in [0, 0.1) is 5.41 Å². The van der Waals surface area contributed by atoms with E-state index in [0.29, 0.717) is 0 Å². The molecule has 1 amide bonds. The van der Waals surface area contributed by atoms with Gasteiger partial charge in [-0.3, -0.25) is 9.69 Å². The highest BCUT2D eigenvalue weighted by atomic mass is 19.1. The molecule has 3 rings (SSSR count). The Labute approximate surface area is 105 Å². The minimum absolute atomic E-state index is 0.0428. The number of hydrogen-bond acceptors (Lipinski definition) is 3. The van der Waals surface area contributed by atoms with Gasteiger partial charge in [0.25, 0.3) is 0 Å². The number of rotatable bonds is 2. The van der Waals surface area contributed by atoms with Crippen LogP contribution in [0.2, 0.25) is 0 Å². The van der Waals surface area contributed by atoms with Crippen molar-refractivity contribution in [2.24, 2.45) is 5.41 Å². The summed E-state index contributed by atoms with van der Waals surface area (Å²) in [5.74, 6) is -0.961. The second-order valence-corrected chi connectivity index (χ2v) is 6.36. The van der Waals surface area contributed by atoms with Crippen LogP contribution in [0.5, 0.6) is 0 Å². The maximum atomic E-state index is 13.2. The van der Waals surface area contributed by atoms with E-state index in [-0.39, 0.29) is 19.4 Å². The van der Waals surface area contributed by atoms with Crippen molar-refractivity contribution < 1.29 is 23.8 Å². The van der Waals surface area contributed by atoms with E-state index in [4.69, 9.17) is 9.84 Å². The maximum absolute atomic E-state index is 13.2. The number of ether oxygens (including phenoxy) is 1. The van der Waals surface area contributed by atoms with Gasteiger partial charge in [0.1, 0.15) is 12.3 Å². The van der Waals surface area contributed by atoms with Gasteiger partial charge in [0.2, 0.25) is 0 Å². The Morgan fingerprint density at radius 2 is 1.94 bits per heavy atom. The molecule has 2 bridgehead atoms. The van der Waals surface area contributed by atoms with Gasteiger partial charge in [-0.2, -0.15) is 0 Å². The SMILES string of the molecule is CC(C)(C)OC(=O)N1CC2(C(=O)O)CC1(CF)C2. The second kappa shape index (κ2) is 3.59. The molecule has 0 atom stereocenters. The Kier molecular flexibility index (Phi) is 2.61. The summed E-state index contributed by atoms with van der Waals surface area (Å²) in [6.07, 6.45) is -0.253. The van der Waals surface area contributed by atoms with Crippen LogP contribution in [0.4, 0.5) is 9.18 Å². The molecule has 18 heavy (non-hydrogen) atoms. The van der Waals surface area contributed by atoms with Gasteiger partial charge >= 0.3 is 12.1 Å². The van der Waals surface area contributed by atoms with Gasteiger partial charge in [-0.25, -0.2) is 9.18 Å². The van der Waals surface area contributed by atoms with Gasteiger partial charge in [0.15, 0.2) is 0 Å². The molecule has 1 N–H and O–H groups in total.